The molecule has 0 bridgehead atoms. The Balaban J connectivity index is 1.94. The van der Waals surface area contributed by atoms with E-state index in [-0.39, 0.29) is 0 Å². The molecule has 0 aliphatic carbocycles. The van der Waals surface area contributed by atoms with Gasteiger partial charge < -0.3 is 9.73 Å². The van der Waals surface area contributed by atoms with Crippen LogP contribution in [0.25, 0.3) is 33.2 Å². The average molecular weight is 355 g/mol. The van der Waals surface area contributed by atoms with E-state index < -0.39 is 0 Å². The van der Waals surface area contributed by atoms with Crippen LogP contribution in [0.2, 0.25) is 0 Å². The third kappa shape index (κ3) is 3.48. The smallest absolute Gasteiger partial charge is 0.158 e. The Morgan fingerprint density at radius 2 is 1.59 bits per heavy atom. The van der Waals surface area contributed by atoms with Crippen LogP contribution in [0.3, 0.4) is 0 Å². The summed E-state index contributed by atoms with van der Waals surface area (Å²) in [5.41, 5.74) is 8.09. The van der Waals surface area contributed by atoms with Crippen LogP contribution < -0.4 is 5.32 Å². The van der Waals surface area contributed by atoms with Crippen molar-refractivity contribution in [3.05, 3.63) is 78.6 Å². The summed E-state index contributed by atoms with van der Waals surface area (Å²) in [7, 11) is 0. The Labute approximate surface area is 160 Å². The van der Waals surface area contributed by atoms with Gasteiger partial charge in [0.1, 0.15) is 0 Å². The third-order valence-electron chi connectivity index (χ3n) is 5.02. The molecule has 0 aliphatic rings. The maximum Gasteiger partial charge on any atom is 0.158 e. The number of hydrogen-bond acceptors (Lipinski definition) is 2. The molecule has 0 spiro atoms. The molecular formula is C25H25NO. The van der Waals surface area contributed by atoms with Crippen LogP contribution in [0, 0.1) is 6.92 Å². The number of hydrogen-bond donors (Lipinski definition) is 1. The lowest BCUT2D eigenvalue weighted by molar-refractivity contribution is 0.616. The molecular weight excluding hydrogens is 330 g/mol. The Kier molecular flexibility index (Phi) is 4.97. The number of nitrogens with one attached hydrogen (secondary N) is 1. The van der Waals surface area contributed by atoms with Gasteiger partial charge in [-0.1, -0.05) is 73.5 Å². The maximum absolute atomic E-state index is 5.97. The minimum absolute atomic E-state index is 0.933. The number of fused-ring (bicyclic) bond motifs is 1. The van der Waals surface area contributed by atoms with E-state index in [9.17, 15) is 0 Å². The summed E-state index contributed by atoms with van der Waals surface area (Å²) in [5, 5.41) is 4.79. The zero-order valence-corrected chi connectivity index (χ0v) is 16.0. The lowest BCUT2D eigenvalue weighted by Gasteiger charge is -2.16. The van der Waals surface area contributed by atoms with Crippen molar-refractivity contribution < 1.29 is 4.42 Å². The second kappa shape index (κ2) is 7.71. The first kappa shape index (κ1) is 17.4. The van der Waals surface area contributed by atoms with Gasteiger partial charge in [-0.25, -0.2) is 0 Å². The van der Waals surface area contributed by atoms with Crippen LogP contribution in [-0.2, 0) is 0 Å². The second-order valence-corrected chi connectivity index (χ2v) is 7.02. The molecule has 2 heteroatoms. The fourth-order valence-electron chi connectivity index (χ4n) is 3.51. The average Bonchev–Trinajstić information content (AvgIpc) is 3.19. The van der Waals surface area contributed by atoms with Crippen molar-refractivity contribution in [2.75, 3.05) is 11.9 Å². The van der Waals surface area contributed by atoms with Crippen LogP contribution in [0.5, 0.6) is 0 Å². The SMILES string of the molecule is CCCCNc1c(-c2ccccc2)cc(-c2ccc(C)cc2)c2ccoc12. The minimum Gasteiger partial charge on any atom is -0.462 e. The van der Waals surface area contributed by atoms with Crippen molar-refractivity contribution in [2.24, 2.45) is 0 Å². The van der Waals surface area contributed by atoms with Crippen molar-refractivity contribution in [3.8, 4) is 22.3 Å². The van der Waals surface area contributed by atoms with Crippen LogP contribution in [0.1, 0.15) is 25.3 Å². The first-order valence-electron chi connectivity index (χ1n) is 9.68. The lowest BCUT2D eigenvalue weighted by Crippen LogP contribution is -2.03. The summed E-state index contributed by atoms with van der Waals surface area (Å²) in [6.07, 6.45) is 4.09. The monoisotopic (exact) mass is 355 g/mol. The van der Waals surface area contributed by atoms with Crippen molar-refractivity contribution in [3.63, 3.8) is 0 Å². The summed E-state index contributed by atoms with van der Waals surface area (Å²) < 4.78 is 5.97. The number of aryl methyl sites for hydroxylation is 1. The van der Waals surface area contributed by atoms with E-state index in [1.54, 1.807) is 6.26 Å². The molecule has 0 unspecified atom stereocenters. The molecule has 0 amide bonds. The molecule has 0 saturated heterocycles. The van der Waals surface area contributed by atoms with E-state index in [1.807, 2.05) is 0 Å². The normalized spacial score (nSPS) is 11.0. The number of furan rings is 1. The molecule has 1 aromatic heterocycles. The summed E-state index contributed by atoms with van der Waals surface area (Å²) in [5.74, 6) is 0. The lowest BCUT2D eigenvalue weighted by atomic mass is 9.94. The molecule has 27 heavy (non-hydrogen) atoms. The van der Waals surface area contributed by atoms with Crippen molar-refractivity contribution in [1.82, 2.24) is 0 Å². The molecule has 0 aliphatic heterocycles. The minimum atomic E-state index is 0.933. The molecule has 0 fully saturated rings. The van der Waals surface area contributed by atoms with Crippen LogP contribution in [0.4, 0.5) is 5.69 Å². The van der Waals surface area contributed by atoms with E-state index in [4.69, 9.17) is 4.42 Å². The Hall–Kier alpha value is -3.00. The van der Waals surface area contributed by atoms with E-state index in [0.717, 1.165) is 36.0 Å². The molecule has 1 heterocycles. The highest BCUT2D eigenvalue weighted by Gasteiger charge is 2.17. The van der Waals surface area contributed by atoms with E-state index in [2.05, 4.69) is 85.9 Å². The largest absolute Gasteiger partial charge is 0.462 e. The molecule has 4 rings (SSSR count). The molecule has 136 valence electrons. The van der Waals surface area contributed by atoms with Gasteiger partial charge in [0.2, 0.25) is 0 Å². The van der Waals surface area contributed by atoms with E-state index >= 15 is 0 Å². The molecule has 3 aromatic carbocycles. The van der Waals surface area contributed by atoms with Gasteiger partial charge in [0.05, 0.1) is 12.0 Å². The van der Waals surface area contributed by atoms with Crippen molar-refractivity contribution in [1.29, 1.82) is 0 Å². The number of anilines is 1. The van der Waals surface area contributed by atoms with Gasteiger partial charge in [-0.2, -0.15) is 0 Å². The first-order valence-corrected chi connectivity index (χ1v) is 9.68. The Bertz CT molecular complexity index is 1030. The molecule has 0 atom stereocenters. The number of benzene rings is 3. The van der Waals surface area contributed by atoms with Gasteiger partial charge >= 0.3 is 0 Å². The number of unbranched alkanes of at least 4 members (excludes halogenated alkanes) is 1. The Morgan fingerprint density at radius 1 is 0.852 bits per heavy atom. The predicted molar refractivity (Wildman–Crippen MR) is 115 cm³/mol. The summed E-state index contributed by atoms with van der Waals surface area (Å²) in [6.45, 7) is 5.27. The van der Waals surface area contributed by atoms with Gasteiger partial charge in [0, 0.05) is 17.5 Å². The zero-order valence-electron chi connectivity index (χ0n) is 16.0. The highest BCUT2D eigenvalue weighted by molar-refractivity contribution is 6.06. The third-order valence-corrected chi connectivity index (χ3v) is 5.02. The number of rotatable bonds is 6. The summed E-state index contributed by atoms with van der Waals surface area (Å²) >= 11 is 0. The van der Waals surface area contributed by atoms with Crippen LogP contribution in [-0.4, -0.2) is 6.54 Å². The van der Waals surface area contributed by atoms with E-state index in [0.29, 0.717) is 0 Å². The summed E-state index contributed by atoms with van der Waals surface area (Å²) in [6, 6.07) is 23.6. The van der Waals surface area contributed by atoms with Crippen molar-refractivity contribution >= 4 is 16.7 Å². The van der Waals surface area contributed by atoms with Gasteiger partial charge in [-0.05, 0) is 42.2 Å². The second-order valence-electron chi connectivity index (χ2n) is 7.02. The fraction of sp³-hybridized carbons (Fsp3) is 0.200. The summed E-state index contributed by atoms with van der Waals surface area (Å²) in [4.78, 5) is 0. The predicted octanol–water partition coefficient (Wildman–Crippen LogP) is 7.29. The highest BCUT2D eigenvalue weighted by Crippen LogP contribution is 2.41. The quantitative estimate of drug-likeness (QED) is 0.367. The van der Waals surface area contributed by atoms with Gasteiger partial charge in [-0.3, -0.25) is 0 Å². The highest BCUT2D eigenvalue weighted by atomic mass is 16.3. The fourth-order valence-corrected chi connectivity index (χ4v) is 3.51. The van der Waals surface area contributed by atoms with Crippen LogP contribution in [0.15, 0.2) is 77.4 Å². The maximum atomic E-state index is 5.97. The molecule has 4 aromatic rings. The molecule has 0 saturated carbocycles. The van der Waals surface area contributed by atoms with Gasteiger partial charge in [-0.15, -0.1) is 0 Å². The zero-order chi connectivity index (χ0) is 18.6. The van der Waals surface area contributed by atoms with Gasteiger partial charge in [0.25, 0.3) is 0 Å². The van der Waals surface area contributed by atoms with Crippen molar-refractivity contribution in [2.45, 2.75) is 26.7 Å². The molecule has 2 nitrogen and oxygen atoms in total. The van der Waals surface area contributed by atoms with Crippen LogP contribution >= 0.6 is 0 Å². The standard InChI is InChI=1S/C25H25NO/c1-3-4-15-26-24-23(19-8-6-5-7-9-19)17-22(21-14-16-27-25(21)24)20-12-10-18(2)11-13-20/h5-14,16-17,26H,3-4,15H2,1-2H3. The Morgan fingerprint density at radius 3 is 2.33 bits per heavy atom. The van der Waals surface area contributed by atoms with E-state index in [1.165, 1.54) is 27.8 Å². The van der Waals surface area contributed by atoms with Gasteiger partial charge in [0.15, 0.2) is 5.58 Å². The topological polar surface area (TPSA) is 25.2 Å². The molecule has 0 radical (unpaired) electrons. The molecule has 1 N–H and O–H groups in total. The first-order chi connectivity index (χ1) is 13.3.